The van der Waals surface area contributed by atoms with E-state index in [0.717, 1.165) is 10.5 Å². The molecule has 2 saturated heterocycles. The van der Waals surface area contributed by atoms with Crippen molar-refractivity contribution in [1.82, 2.24) is 19.4 Å². The molecule has 2 aromatic rings. The van der Waals surface area contributed by atoms with E-state index in [2.05, 4.69) is 5.32 Å². The Morgan fingerprint density at radius 3 is 2.34 bits per heavy atom. The third kappa shape index (κ3) is 5.18. The van der Waals surface area contributed by atoms with Gasteiger partial charge in [-0.05, 0) is 30.5 Å². The van der Waals surface area contributed by atoms with Gasteiger partial charge in [-0.3, -0.25) is 14.5 Å². The number of nitriles is 1. The van der Waals surface area contributed by atoms with E-state index >= 15 is 0 Å². The van der Waals surface area contributed by atoms with Gasteiger partial charge in [0.1, 0.15) is 18.7 Å². The van der Waals surface area contributed by atoms with E-state index in [9.17, 15) is 28.1 Å². The number of benzene rings is 2. The molecule has 1 unspecified atom stereocenters. The summed E-state index contributed by atoms with van der Waals surface area (Å²) in [4.78, 5) is 40.1. The Hall–Kier alpha value is -3.75. The second-order valence-corrected chi connectivity index (χ2v) is 10.2. The number of carbonyl (C=O) groups excluding carboxylic acids is 3. The van der Waals surface area contributed by atoms with Gasteiger partial charge in [-0.15, -0.1) is 0 Å². The van der Waals surface area contributed by atoms with Crippen LogP contribution in [0.15, 0.2) is 59.5 Å². The first kappa shape index (κ1) is 24.4. The summed E-state index contributed by atoms with van der Waals surface area (Å²) in [5.74, 6) is -0.861. The first-order chi connectivity index (χ1) is 16.8. The highest BCUT2D eigenvalue weighted by molar-refractivity contribution is 7.89. The number of imide groups is 1. The summed E-state index contributed by atoms with van der Waals surface area (Å²) in [6.07, 6.45) is 1.05. The molecule has 1 atom stereocenters. The SMILES string of the molecule is N#Cc1ccccc1S(=O)(=O)N1CCN(C(=O)CN2C(=O)NC(CCc3ccccc3)C2=O)CC1. The lowest BCUT2D eigenvalue weighted by Crippen LogP contribution is -2.53. The van der Waals surface area contributed by atoms with Crippen molar-refractivity contribution in [1.29, 1.82) is 5.26 Å². The summed E-state index contributed by atoms with van der Waals surface area (Å²) < 4.78 is 27.2. The summed E-state index contributed by atoms with van der Waals surface area (Å²) in [5.41, 5.74) is 1.11. The van der Waals surface area contributed by atoms with Crippen LogP contribution in [-0.4, -0.2) is 79.1 Å². The van der Waals surface area contributed by atoms with E-state index in [0.29, 0.717) is 12.8 Å². The van der Waals surface area contributed by atoms with Gasteiger partial charge in [-0.1, -0.05) is 42.5 Å². The Morgan fingerprint density at radius 1 is 1.00 bits per heavy atom. The zero-order valence-corrected chi connectivity index (χ0v) is 19.8. The Morgan fingerprint density at radius 2 is 1.66 bits per heavy atom. The van der Waals surface area contributed by atoms with Crippen LogP contribution in [0.4, 0.5) is 4.79 Å². The van der Waals surface area contributed by atoms with Crippen LogP contribution in [-0.2, 0) is 26.0 Å². The first-order valence-electron chi connectivity index (χ1n) is 11.2. The summed E-state index contributed by atoms with van der Waals surface area (Å²) in [6.45, 7) is -0.0559. The van der Waals surface area contributed by atoms with Crippen molar-refractivity contribution >= 4 is 27.9 Å². The Kier molecular flexibility index (Phi) is 7.14. The molecule has 10 nitrogen and oxygen atoms in total. The Labute approximate surface area is 203 Å². The number of carbonyl (C=O) groups is 3. The average Bonchev–Trinajstić information content (AvgIpc) is 3.15. The highest BCUT2D eigenvalue weighted by Crippen LogP contribution is 2.21. The molecule has 0 radical (unpaired) electrons. The van der Waals surface area contributed by atoms with Crippen molar-refractivity contribution < 1.29 is 22.8 Å². The topological polar surface area (TPSA) is 131 Å². The summed E-state index contributed by atoms with van der Waals surface area (Å²) in [6, 6.07) is 16.2. The van der Waals surface area contributed by atoms with Gasteiger partial charge < -0.3 is 10.2 Å². The molecule has 0 aliphatic carbocycles. The van der Waals surface area contributed by atoms with Crippen LogP contribution >= 0.6 is 0 Å². The van der Waals surface area contributed by atoms with E-state index in [-0.39, 0.29) is 36.6 Å². The molecular formula is C24H25N5O5S. The number of nitrogens with one attached hydrogen (secondary N) is 1. The maximum Gasteiger partial charge on any atom is 0.325 e. The minimum absolute atomic E-state index is 0.0493. The lowest BCUT2D eigenvalue weighted by atomic mass is 10.1. The van der Waals surface area contributed by atoms with Crippen molar-refractivity contribution in [3.8, 4) is 6.07 Å². The van der Waals surface area contributed by atoms with E-state index < -0.39 is 40.5 Å². The van der Waals surface area contributed by atoms with Gasteiger partial charge >= 0.3 is 6.03 Å². The van der Waals surface area contributed by atoms with Gasteiger partial charge in [0.2, 0.25) is 15.9 Å². The molecular weight excluding hydrogens is 470 g/mol. The number of urea groups is 1. The number of hydrogen-bond donors (Lipinski definition) is 1. The van der Waals surface area contributed by atoms with Gasteiger partial charge in [-0.2, -0.15) is 9.57 Å². The molecule has 11 heteroatoms. The molecule has 0 bridgehead atoms. The molecule has 0 aromatic heterocycles. The van der Waals surface area contributed by atoms with E-state index in [1.165, 1.54) is 21.3 Å². The minimum Gasteiger partial charge on any atom is -0.338 e. The lowest BCUT2D eigenvalue weighted by Gasteiger charge is -2.34. The number of aryl methyl sites for hydroxylation is 1. The molecule has 2 fully saturated rings. The van der Waals surface area contributed by atoms with Gasteiger partial charge in [0.15, 0.2) is 0 Å². The molecule has 2 aromatic carbocycles. The number of nitrogens with zero attached hydrogens (tertiary/aromatic N) is 4. The molecule has 4 amide bonds. The van der Waals surface area contributed by atoms with E-state index in [1.807, 2.05) is 36.4 Å². The third-order valence-electron chi connectivity index (χ3n) is 6.18. The second-order valence-electron chi connectivity index (χ2n) is 8.34. The molecule has 35 heavy (non-hydrogen) atoms. The molecule has 0 spiro atoms. The number of sulfonamides is 1. The number of hydrogen-bond acceptors (Lipinski definition) is 6. The van der Waals surface area contributed by atoms with Crippen molar-refractivity contribution in [3.05, 3.63) is 65.7 Å². The monoisotopic (exact) mass is 495 g/mol. The predicted octanol–water partition coefficient (Wildman–Crippen LogP) is 0.944. The van der Waals surface area contributed by atoms with Crippen molar-refractivity contribution in [2.24, 2.45) is 0 Å². The van der Waals surface area contributed by atoms with Crippen molar-refractivity contribution in [3.63, 3.8) is 0 Å². The van der Waals surface area contributed by atoms with Crippen LogP contribution in [0.3, 0.4) is 0 Å². The van der Waals surface area contributed by atoms with E-state index in [1.54, 1.807) is 12.1 Å². The van der Waals surface area contributed by atoms with Crippen molar-refractivity contribution in [2.75, 3.05) is 32.7 Å². The number of amides is 4. The Bertz CT molecular complexity index is 1270. The van der Waals surface area contributed by atoms with E-state index in [4.69, 9.17) is 0 Å². The minimum atomic E-state index is -3.89. The lowest BCUT2D eigenvalue weighted by molar-refractivity contribution is -0.138. The van der Waals surface area contributed by atoms with Crippen LogP contribution in [0, 0.1) is 11.3 Å². The Balaban J connectivity index is 1.32. The number of rotatable bonds is 7. The molecule has 2 heterocycles. The summed E-state index contributed by atoms with van der Waals surface area (Å²) >= 11 is 0. The standard InChI is InChI=1S/C24H25N5O5S/c25-16-19-8-4-5-9-21(19)35(33,34)28-14-12-27(13-15-28)22(30)17-29-23(31)20(26-24(29)32)11-10-18-6-2-1-3-7-18/h1-9,20H,10-15,17H2,(H,26,32). The van der Waals surface area contributed by atoms with Crippen molar-refractivity contribution in [2.45, 2.75) is 23.8 Å². The normalized spacial score (nSPS) is 18.9. The first-order valence-corrected chi connectivity index (χ1v) is 12.7. The molecule has 182 valence electrons. The molecule has 2 aliphatic heterocycles. The molecule has 4 rings (SSSR count). The van der Waals surface area contributed by atoms with Gasteiger partial charge in [0.25, 0.3) is 5.91 Å². The largest absolute Gasteiger partial charge is 0.338 e. The van der Waals surface area contributed by atoms with Gasteiger partial charge in [0.05, 0.1) is 10.5 Å². The van der Waals surface area contributed by atoms with Gasteiger partial charge in [0, 0.05) is 26.2 Å². The molecule has 0 saturated carbocycles. The zero-order chi connectivity index (χ0) is 25.0. The summed E-state index contributed by atoms with van der Waals surface area (Å²) in [7, 11) is -3.89. The van der Waals surface area contributed by atoms with Gasteiger partial charge in [-0.25, -0.2) is 13.2 Å². The van der Waals surface area contributed by atoms with Crippen LogP contribution < -0.4 is 5.32 Å². The average molecular weight is 496 g/mol. The zero-order valence-electron chi connectivity index (χ0n) is 19.0. The molecule has 2 aliphatic rings. The maximum absolute atomic E-state index is 13.0. The fraction of sp³-hybridized carbons (Fsp3) is 0.333. The smallest absolute Gasteiger partial charge is 0.325 e. The predicted molar refractivity (Wildman–Crippen MR) is 125 cm³/mol. The van der Waals surface area contributed by atoms with Crippen LogP contribution in [0.2, 0.25) is 0 Å². The maximum atomic E-state index is 13.0. The van der Waals surface area contributed by atoms with Crippen LogP contribution in [0.5, 0.6) is 0 Å². The highest BCUT2D eigenvalue weighted by atomic mass is 32.2. The summed E-state index contributed by atoms with van der Waals surface area (Å²) in [5, 5.41) is 11.9. The second kappa shape index (κ2) is 10.2. The molecule has 1 N–H and O–H groups in total. The van der Waals surface area contributed by atoms with Crippen LogP contribution in [0.25, 0.3) is 0 Å². The fourth-order valence-electron chi connectivity index (χ4n) is 4.21. The third-order valence-corrected chi connectivity index (χ3v) is 8.14. The highest BCUT2D eigenvalue weighted by Gasteiger charge is 2.40. The van der Waals surface area contributed by atoms with Crippen LogP contribution in [0.1, 0.15) is 17.5 Å². The quantitative estimate of drug-likeness (QED) is 0.569. The number of piperazine rings is 1. The fourth-order valence-corrected chi connectivity index (χ4v) is 5.78.